The van der Waals surface area contributed by atoms with Gasteiger partial charge in [-0.25, -0.2) is 4.39 Å². The fourth-order valence-electron chi connectivity index (χ4n) is 4.83. The molecule has 0 aliphatic carbocycles. The lowest BCUT2D eigenvalue weighted by molar-refractivity contribution is -0.118. The summed E-state index contributed by atoms with van der Waals surface area (Å²) in [6, 6.07) is 21.4. The number of benzene rings is 3. The SMILES string of the molecule is CN1CCN(CCC(=O)N(C)c2ccc(NC(=C3C(=O)Nc4cc(F)ccc43)c3ccccc3)cc2)CC1. The second-order valence-electron chi connectivity index (χ2n) is 9.78. The van der Waals surface area contributed by atoms with Crippen LogP contribution in [0.2, 0.25) is 0 Å². The van der Waals surface area contributed by atoms with Gasteiger partial charge < -0.3 is 25.3 Å². The predicted molar refractivity (Wildman–Crippen MR) is 150 cm³/mol. The lowest BCUT2D eigenvalue weighted by Crippen LogP contribution is -2.45. The lowest BCUT2D eigenvalue weighted by atomic mass is 10.00. The van der Waals surface area contributed by atoms with E-state index < -0.39 is 5.82 Å². The molecule has 0 saturated carbocycles. The van der Waals surface area contributed by atoms with Gasteiger partial charge in [0.2, 0.25) is 5.91 Å². The Balaban J connectivity index is 1.34. The molecule has 2 heterocycles. The average molecular weight is 514 g/mol. The standard InChI is InChI=1S/C30H32FN5O2/c1-34-16-18-36(19-17-34)15-14-27(37)35(2)24-11-9-23(10-12-24)32-29(21-6-4-3-5-7-21)28-25-13-8-22(31)20-26(25)33-30(28)38/h3-13,20,32H,14-19H2,1-2H3,(H,33,38). The van der Waals surface area contributed by atoms with Crippen LogP contribution in [0.15, 0.2) is 72.8 Å². The zero-order valence-electron chi connectivity index (χ0n) is 21.7. The molecule has 0 bridgehead atoms. The van der Waals surface area contributed by atoms with Crippen LogP contribution in [0.3, 0.4) is 0 Å². The van der Waals surface area contributed by atoms with Crippen LogP contribution in [0.25, 0.3) is 11.3 Å². The normalized spacial score (nSPS) is 17.1. The van der Waals surface area contributed by atoms with Gasteiger partial charge in [-0.1, -0.05) is 30.3 Å². The summed E-state index contributed by atoms with van der Waals surface area (Å²) in [5, 5.41) is 6.17. The maximum Gasteiger partial charge on any atom is 0.258 e. The van der Waals surface area contributed by atoms with Gasteiger partial charge in [-0.3, -0.25) is 9.59 Å². The van der Waals surface area contributed by atoms with Gasteiger partial charge in [0, 0.05) is 63.1 Å². The molecule has 196 valence electrons. The molecule has 3 aromatic rings. The van der Waals surface area contributed by atoms with Crippen molar-refractivity contribution in [2.45, 2.75) is 6.42 Å². The summed E-state index contributed by atoms with van der Waals surface area (Å²) in [5.74, 6) is -0.625. The van der Waals surface area contributed by atoms with Crippen molar-refractivity contribution in [3.8, 4) is 0 Å². The van der Waals surface area contributed by atoms with Crippen LogP contribution in [0, 0.1) is 5.82 Å². The van der Waals surface area contributed by atoms with Crippen LogP contribution in [0.4, 0.5) is 21.5 Å². The Kier molecular flexibility index (Phi) is 7.53. The van der Waals surface area contributed by atoms with Gasteiger partial charge in [0.15, 0.2) is 0 Å². The number of fused-ring (bicyclic) bond motifs is 1. The number of carbonyl (C=O) groups is 2. The maximum absolute atomic E-state index is 13.8. The number of likely N-dealkylation sites (N-methyl/N-ethyl adjacent to an activating group) is 1. The van der Waals surface area contributed by atoms with E-state index in [1.165, 1.54) is 12.1 Å². The van der Waals surface area contributed by atoms with Crippen molar-refractivity contribution in [3.05, 3.63) is 89.7 Å². The van der Waals surface area contributed by atoms with Crippen LogP contribution in [-0.2, 0) is 9.59 Å². The average Bonchev–Trinajstić information content (AvgIpc) is 3.26. The van der Waals surface area contributed by atoms with E-state index in [9.17, 15) is 14.0 Å². The molecule has 0 spiro atoms. The summed E-state index contributed by atoms with van der Waals surface area (Å²) in [4.78, 5) is 32.1. The molecule has 2 N–H and O–H groups in total. The maximum atomic E-state index is 13.8. The van der Waals surface area contributed by atoms with E-state index in [-0.39, 0.29) is 11.8 Å². The number of hydrogen-bond donors (Lipinski definition) is 2. The van der Waals surface area contributed by atoms with Crippen molar-refractivity contribution in [1.29, 1.82) is 0 Å². The lowest BCUT2D eigenvalue weighted by Gasteiger charge is -2.32. The first-order valence-corrected chi connectivity index (χ1v) is 12.8. The minimum Gasteiger partial charge on any atom is -0.354 e. The first-order chi connectivity index (χ1) is 18.4. The van der Waals surface area contributed by atoms with Crippen LogP contribution in [0.5, 0.6) is 0 Å². The van der Waals surface area contributed by atoms with Gasteiger partial charge in [0.1, 0.15) is 5.82 Å². The fourth-order valence-corrected chi connectivity index (χ4v) is 4.83. The molecule has 1 fully saturated rings. The van der Waals surface area contributed by atoms with Crippen LogP contribution in [-0.4, -0.2) is 68.4 Å². The summed E-state index contributed by atoms with van der Waals surface area (Å²) >= 11 is 0. The Labute approximate surface area is 222 Å². The van der Waals surface area contributed by atoms with E-state index in [1.807, 2.05) is 54.6 Å². The zero-order valence-corrected chi connectivity index (χ0v) is 21.7. The number of amides is 2. The van der Waals surface area contributed by atoms with Gasteiger partial charge >= 0.3 is 0 Å². The van der Waals surface area contributed by atoms with Gasteiger partial charge in [-0.2, -0.15) is 0 Å². The molecule has 1 saturated heterocycles. The van der Waals surface area contributed by atoms with Crippen molar-refractivity contribution in [3.63, 3.8) is 0 Å². The van der Waals surface area contributed by atoms with Crippen molar-refractivity contribution < 1.29 is 14.0 Å². The van der Waals surface area contributed by atoms with E-state index in [1.54, 1.807) is 18.0 Å². The Morgan fingerprint density at radius 2 is 1.71 bits per heavy atom. The summed E-state index contributed by atoms with van der Waals surface area (Å²) in [6.07, 6.45) is 0.472. The van der Waals surface area contributed by atoms with Crippen LogP contribution < -0.4 is 15.5 Å². The Morgan fingerprint density at radius 3 is 2.42 bits per heavy atom. The molecule has 38 heavy (non-hydrogen) atoms. The van der Waals surface area contributed by atoms with E-state index in [0.29, 0.717) is 28.9 Å². The van der Waals surface area contributed by atoms with Crippen LogP contribution in [0.1, 0.15) is 17.5 Å². The first kappa shape index (κ1) is 25.6. The highest BCUT2D eigenvalue weighted by molar-refractivity contribution is 6.37. The first-order valence-electron chi connectivity index (χ1n) is 12.8. The largest absolute Gasteiger partial charge is 0.354 e. The molecule has 5 rings (SSSR count). The van der Waals surface area contributed by atoms with Gasteiger partial charge in [0.25, 0.3) is 5.91 Å². The number of nitrogens with one attached hydrogen (secondary N) is 2. The predicted octanol–water partition coefficient (Wildman–Crippen LogP) is 4.36. The molecule has 2 aliphatic heterocycles. The highest BCUT2D eigenvalue weighted by Gasteiger charge is 2.29. The number of nitrogens with zero attached hydrogens (tertiary/aromatic N) is 3. The van der Waals surface area contributed by atoms with Gasteiger partial charge in [-0.05, 0) is 55.1 Å². The highest BCUT2D eigenvalue weighted by Crippen LogP contribution is 2.38. The quantitative estimate of drug-likeness (QED) is 0.460. The molecule has 2 aliphatic rings. The molecular weight excluding hydrogens is 481 g/mol. The number of anilines is 3. The fraction of sp³-hybridized carbons (Fsp3) is 0.267. The second kappa shape index (κ2) is 11.2. The van der Waals surface area contributed by atoms with Gasteiger partial charge in [-0.15, -0.1) is 0 Å². The molecule has 3 aromatic carbocycles. The zero-order chi connectivity index (χ0) is 26.6. The third kappa shape index (κ3) is 5.61. The van der Waals surface area contributed by atoms with E-state index in [4.69, 9.17) is 0 Å². The number of hydrogen-bond acceptors (Lipinski definition) is 5. The van der Waals surface area contributed by atoms with Crippen molar-refractivity contribution >= 4 is 40.1 Å². The van der Waals surface area contributed by atoms with Crippen molar-refractivity contribution in [2.75, 3.05) is 62.4 Å². The summed E-state index contributed by atoms with van der Waals surface area (Å²) in [5.41, 5.74) is 4.56. The Hall–Kier alpha value is -4.01. The Bertz CT molecular complexity index is 1350. The molecule has 7 nitrogen and oxygen atoms in total. The molecule has 0 atom stereocenters. The third-order valence-electron chi connectivity index (χ3n) is 7.17. The number of halogens is 1. The number of carbonyl (C=O) groups excluding carboxylic acids is 2. The second-order valence-corrected chi connectivity index (χ2v) is 9.78. The Morgan fingerprint density at radius 1 is 1.00 bits per heavy atom. The van der Waals surface area contributed by atoms with Crippen LogP contribution >= 0.6 is 0 Å². The minimum atomic E-state index is -0.405. The highest BCUT2D eigenvalue weighted by atomic mass is 19.1. The number of piperazine rings is 1. The van der Waals surface area contributed by atoms with Crippen molar-refractivity contribution in [2.24, 2.45) is 0 Å². The summed E-state index contributed by atoms with van der Waals surface area (Å²) in [7, 11) is 3.92. The summed E-state index contributed by atoms with van der Waals surface area (Å²) < 4.78 is 13.8. The van der Waals surface area contributed by atoms with Crippen molar-refractivity contribution in [1.82, 2.24) is 9.80 Å². The smallest absolute Gasteiger partial charge is 0.258 e. The molecule has 8 heteroatoms. The topological polar surface area (TPSA) is 67.9 Å². The molecule has 0 unspecified atom stereocenters. The molecule has 0 radical (unpaired) electrons. The van der Waals surface area contributed by atoms with E-state index in [0.717, 1.165) is 49.7 Å². The third-order valence-corrected chi connectivity index (χ3v) is 7.17. The number of rotatable bonds is 7. The van der Waals surface area contributed by atoms with Gasteiger partial charge in [0.05, 0.1) is 17.0 Å². The van der Waals surface area contributed by atoms with E-state index in [2.05, 4.69) is 27.5 Å². The molecule has 0 aromatic heterocycles. The molecular formula is C30H32FN5O2. The minimum absolute atomic E-state index is 0.0724. The molecule has 2 amide bonds. The summed E-state index contributed by atoms with van der Waals surface area (Å²) in [6.45, 7) is 4.81. The monoisotopic (exact) mass is 513 g/mol. The van der Waals surface area contributed by atoms with E-state index >= 15 is 0 Å².